The summed E-state index contributed by atoms with van der Waals surface area (Å²) in [6, 6.07) is 7.76. The fourth-order valence-electron chi connectivity index (χ4n) is 2.29. The van der Waals surface area contributed by atoms with E-state index in [-0.39, 0.29) is 17.1 Å². The molecule has 0 fully saturated rings. The lowest BCUT2D eigenvalue weighted by molar-refractivity contribution is -0.120. The van der Waals surface area contributed by atoms with Gasteiger partial charge in [0.05, 0.1) is 44.1 Å². The third kappa shape index (κ3) is 6.00. The first-order valence-electron chi connectivity index (χ1n) is 8.24. The Morgan fingerprint density at radius 3 is 2.21 bits per heavy atom. The van der Waals surface area contributed by atoms with Gasteiger partial charge in [0.15, 0.2) is 11.5 Å². The van der Waals surface area contributed by atoms with E-state index in [1.807, 2.05) is 0 Å². The maximum atomic E-state index is 12.0. The first-order chi connectivity index (χ1) is 13.9. The molecule has 2 aromatic rings. The van der Waals surface area contributed by atoms with Crippen molar-refractivity contribution >= 4 is 41.2 Å². The van der Waals surface area contributed by atoms with Crippen LogP contribution in [0.1, 0.15) is 15.9 Å². The van der Waals surface area contributed by atoms with Crippen molar-refractivity contribution in [1.29, 1.82) is 0 Å². The molecule has 0 aliphatic rings. The van der Waals surface area contributed by atoms with Crippen LogP contribution in [0, 0.1) is 0 Å². The lowest BCUT2D eigenvalue weighted by Crippen LogP contribution is -2.34. The van der Waals surface area contributed by atoms with Crippen molar-refractivity contribution in [3.63, 3.8) is 0 Å². The van der Waals surface area contributed by atoms with Gasteiger partial charge in [-0.3, -0.25) is 9.59 Å². The van der Waals surface area contributed by atoms with Gasteiger partial charge in [-0.25, -0.2) is 5.43 Å². The van der Waals surface area contributed by atoms with Crippen LogP contribution in [0.3, 0.4) is 0 Å². The number of nitrogens with one attached hydrogen (secondary N) is 2. The van der Waals surface area contributed by atoms with Crippen LogP contribution >= 0.6 is 23.2 Å². The molecule has 0 spiro atoms. The molecule has 0 atom stereocenters. The minimum atomic E-state index is -0.512. The summed E-state index contributed by atoms with van der Waals surface area (Å²) in [5, 5.41) is 6.90. The normalized spacial score (nSPS) is 10.5. The van der Waals surface area contributed by atoms with E-state index in [0.29, 0.717) is 27.8 Å². The molecule has 0 unspecified atom stereocenters. The van der Waals surface area contributed by atoms with Gasteiger partial charge in [0, 0.05) is 11.1 Å². The van der Waals surface area contributed by atoms with Gasteiger partial charge in [0.2, 0.25) is 5.75 Å². The van der Waals surface area contributed by atoms with Crippen LogP contribution < -0.4 is 25.0 Å². The molecule has 0 aliphatic carbocycles. The van der Waals surface area contributed by atoms with Crippen LogP contribution in [0.4, 0.5) is 0 Å². The third-order valence-electron chi connectivity index (χ3n) is 3.68. The number of nitrogens with zero attached hydrogens (tertiary/aromatic N) is 1. The maximum absolute atomic E-state index is 12.0. The maximum Gasteiger partial charge on any atom is 0.259 e. The second-order valence-electron chi connectivity index (χ2n) is 5.56. The van der Waals surface area contributed by atoms with Crippen molar-refractivity contribution in [3.8, 4) is 17.2 Å². The van der Waals surface area contributed by atoms with Crippen LogP contribution in [0.5, 0.6) is 17.2 Å². The molecule has 2 aromatic carbocycles. The Morgan fingerprint density at radius 1 is 1.00 bits per heavy atom. The highest BCUT2D eigenvalue weighted by molar-refractivity contribution is 6.42. The topological polar surface area (TPSA) is 98.2 Å². The van der Waals surface area contributed by atoms with E-state index in [1.165, 1.54) is 45.7 Å². The highest BCUT2D eigenvalue weighted by Gasteiger charge is 2.13. The SMILES string of the molecule is COc1cc(/C=N\NC(=O)CNC(=O)c2ccc(Cl)c(Cl)c2)cc(OC)c1OC. The summed E-state index contributed by atoms with van der Waals surface area (Å²) < 4.78 is 15.7. The van der Waals surface area contributed by atoms with Gasteiger partial charge in [0.25, 0.3) is 11.8 Å². The number of carbonyl (C=O) groups excluding carboxylic acids is 2. The zero-order valence-electron chi connectivity index (χ0n) is 15.9. The highest BCUT2D eigenvalue weighted by atomic mass is 35.5. The predicted molar refractivity (Wildman–Crippen MR) is 111 cm³/mol. The summed E-state index contributed by atoms with van der Waals surface area (Å²) in [5.41, 5.74) is 3.21. The number of rotatable bonds is 8. The molecule has 0 bridgehead atoms. The first kappa shape index (κ1) is 22.3. The minimum absolute atomic E-state index is 0.249. The fourth-order valence-corrected chi connectivity index (χ4v) is 2.59. The zero-order valence-corrected chi connectivity index (χ0v) is 17.4. The van der Waals surface area contributed by atoms with Crippen LogP contribution in [-0.2, 0) is 4.79 Å². The van der Waals surface area contributed by atoms with E-state index in [2.05, 4.69) is 15.8 Å². The zero-order chi connectivity index (χ0) is 21.4. The lowest BCUT2D eigenvalue weighted by atomic mass is 10.2. The molecule has 2 rings (SSSR count). The standard InChI is InChI=1S/C19H19Cl2N3O5/c1-27-15-6-11(7-16(28-2)18(15)29-3)9-23-24-17(25)10-22-19(26)12-4-5-13(20)14(21)8-12/h4-9H,10H2,1-3H3,(H,22,26)(H,24,25)/b23-9-. The Morgan fingerprint density at radius 2 is 1.66 bits per heavy atom. The van der Waals surface area contributed by atoms with Gasteiger partial charge in [0.1, 0.15) is 0 Å². The smallest absolute Gasteiger partial charge is 0.259 e. The largest absolute Gasteiger partial charge is 0.493 e. The van der Waals surface area contributed by atoms with Crippen LogP contribution in [-0.4, -0.2) is 45.9 Å². The number of methoxy groups -OCH3 is 3. The number of halogens is 2. The molecule has 8 nitrogen and oxygen atoms in total. The number of benzene rings is 2. The molecule has 29 heavy (non-hydrogen) atoms. The second-order valence-corrected chi connectivity index (χ2v) is 6.38. The Bertz CT molecular complexity index is 909. The van der Waals surface area contributed by atoms with Crippen molar-refractivity contribution in [1.82, 2.24) is 10.7 Å². The summed E-state index contributed by atoms with van der Waals surface area (Å²) in [6.45, 7) is -0.272. The molecule has 0 radical (unpaired) electrons. The molecular formula is C19H19Cl2N3O5. The van der Waals surface area contributed by atoms with E-state index in [9.17, 15) is 9.59 Å². The summed E-state index contributed by atoms with van der Waals surface area (Å²) in [4.78, 5) is 23.9. The molecule has 0 saturated carbocycles. The molecular weight excluding hydrogens is 421 g/mol. The van der Waals surface area contributed by atoms with Crippen LogP contribution in [0.2, 0.25) is 10.0 Å². The van der Waals surface area contributed by atoms with Crippen LogP contribution in [0.15, 0.2) is 35.4 Å². The van der Waals surface area contributed by atoms with E-state index >= 15 is 0 Å². The predicted octanol–water partition coefficient (Wildman–Crippen LogP) is 2.90. The van der Waals surface area contributed by atoms with Gasteiger partial charge in [-0.05, 0) is 30.3 Å². The average Bonchev–Trinajstić information content (AvgIpc) is 2.73. The van der Waals surface area contributed by atoms with Crippen molar-refractivity contribution in [3.05, 3.63) is 51.5 Å². The van der Waals surface area contributed by atoms with Gasteiger partial charge < -0.3 is 19.5 Å². The number of carbonyl (C=O) groups is 2. The van der Waals surface area contributed by atoms with Gasteiger partial charge in [-0.2, -0.15) is 5.10 Å². The molecule has 0 aromatic heterocycles. The summed E-state index contributed by atoms with van der Waals surface area (Å²) in [5.74, 6) is 0.373. The fraction of sp³-hybridized carbons (Fsp3) is 0.211. The highest BCUT2D eigenvalue weighted by Crippen LogP contribution is 2.37. The molecule has 0 aliphatic heterocycles. The van der Waals surface area contributed by atoms with E-state index < -0.39 is 11.8 Å². The monoisotopic (exact) mass is 439 g/mol. The molecule has 154 valence electrons. The van der Waals surface area contributed by atoms with Crippen molar-refractivity contribution in [2.45, 2.75) is 0 Å². The van der Waals surface area contributed by atoms with Crippen molar-refractivity contribution < 1.29 is 23.8 Å². The Balaban J connectivity index is 1.94. The van der Waals surface area contributed by atoms with E-state index in [1.54, 1.807) is 12.1 Å². The Hall–Kier alpha value is -2.97. The van der Waals surface area contributed by atoms with Crippen LogP contribution in [0.25, 0.3) is 0 Å². The van der Waals surface area contributed by atoms with E-state index in [4.69, 9.17) is 37.4 Å². The lowest BCUT2D eigenvalue weighted by Gasteiger charge is -2.12. The minimum Gasteiger partial charge on any atom is -0.493 e. The number of amides is 2. The quantitative estimate of drug-likeness (QED) is 0.486. The summed E-state index contributed by atoms with van der Waals surface area (Å²) >= 11 is 11.7. The number of hydrogen-bond donors (Lipinski definition) is 2. The van der Waals surface area contributed by atoms with Gasteiger partial charge in [-0.1, -0.05) is 23.2 Å². The molecule has 2 amide bonds. The Kier molecular flexibility index (Phi) is 8.11. The number of hydrogen-bond acceptors (Lipinski definition) is 6. The second kappa shape index (κ2) is 10.5. The average molecular weight is 440 g/mol. The number of hydrazone groups is 1. The molecule has 2 N–H and O–H groups in total. The number of ether oxygens (including phenoxy) is 3. The van der Waals surface area contributed by atoms with Crippen molar-refractivity contribution in [2.24, 2.45) is 5.10 Å². The first-order valence-corrected chi connectivity index (χ1v) is 9.00. The molecule has 10 heteroatoms. The molecule has 0 saturated heterocycles. The van der Waals surface area contributed by atoms with Gasteiger partial charge >= 0.3 is 0 Å². The summed E-state index contributed by atoms with van der Waals surface area (Å²) in [6.07, 6.45) is 1.41. The van der Waals surface area contributed by atoms with Crippen molar-refractivity contribution in [2.75, 3.05) is 27.9 Å². The molecule has 0 heterocycles. The third-order valence-corrected chi connectivity index (χ3v) is 4.42. The van der Waals surface area contributed by atoms with Gasteiger partial charge in [-0.15, -0.1) is 0 Å². The van der Waals surface area contributed by atoms with E-state index in [0.717, 1.165) is 0 Å². The Labute approximate surface area is 177 Å². The summed E-state index contributed by atoms with van der Waals surface area (Å²) in [7, 11) is 4.49.